The number of rotatable bonds is 4. The van der Waals surface area contributed by atoms with Crippen LogP contribution >= 0.6 is 0 Å². The number of aromatic hydroxyl groups is 2. The number of phenols is 2. The maximum absolute atomic E-state index is 11.8. The second-order valence-electron chi connectivity index (χ2n) is 4.49. The second-order valence-corrected chi connectivity index (χ2v) is 4.49. The lowest BCUT2D eigenvalue weighted by molar-refractivity contribution is 0.0949. The molecule has 0 radical (unpaired) electrons. The number of aromatic nitrogens is 1. The minimum absolute atomic E-state index is 0.135. The lowest BCUT2D eigenvalue weighted by Gasteiger charge is -2.09. The van der Waals surface area contributed by atoms with E-state index in [1.165, 1.54) is 12.1 Å². The third-order valence-corrected chi connectivity index (χ3v) is 3.01. The fraction of sp³-hybridized carbons (Fsp3) is 0.200. The summed E-state index contributed by atoms with van der Waals surface area (Å²) in [6, 6.07) is 8.17. The first-order chi connectivity index (χ1) is 9.58. The summed E-state index contributed by atoms with van der Waals surface area (Å²) in [5, 5.41) is 21.6. The first-order valence-electron chi connectivity index (χ1n) is 6.28. The first kappa shape index (κ1) is 13.9. The lowest BCUT2D eigenvalue weighted by atomic mass is 10.0. The molecule has 20 heavy (non-hydrogen) atoms. The molecule has 1 heterocycles. The van der Waals surface area contributed by atoms with Crippen LogP contribution in [0.4, 0.5) is 0 Å². The third kappa shape index (κ3) is 3.26. The van der Waals surface area contributed by atoms with Gasteiger partial charge in [-0.2, -0.15) is 0 Å². The van der Waals surface area contributed by atoms with Crippen molar-refractivity contribution < 1.29 is 15.0 Å². The molecule has 0 bridgehead atoms. The predicted molar refractivity (Wildman–Crippen MR) is 74.8 cm³/mol. The molecule has 0 spiro atoms. The summed E-state index contributed by atoms with van der Waals surface area (Å²) >= 11 is 0. The highest BCUT2D eigenvalue weighted by molar-refractivity contribution is 5.92. The first-order valence-corrected chi connectivity index (χ1v) is 6.28. The van der Waals surface area contributed by atoms with Gasteiger partial charge in [0.05, 0.1) is 0 Å². The number of phenolic OH excluding ortho intramolecular Hbond substituents is 2. The Morgan fingerprint density at radius 2 is 2.00 bits per heavy atom. The Balaban J connectivity index is 1.94. The van der Waals surface area contributed by atoms with Crippen molar-refractivity contribution in [3.63, 3.8) is 0 Å². The van der Waals surface area contributed by atoms with Gasteiger partial charge in [0.25, 0.3) is 5.91 Å². The van der Waals surface area contributed by atoms with E-state index in [4.69, 9.17) is 0 Å². The van der Waals surface area contributed by atoms with Crippen LogP contribution in [0.1, 0.15) is 21.6 Å². The fourth-order valence-corrected chi connectivity index (χ4v) is 1.89. The van der Waals surface area contributed by atoms with Crippen molar-refractivity contribution in [1.29, 1.82) is 0 Å². The van der Waals surface area contributed by atoms with Crippen LogP contribution in [0.3, 0.4) is 0 Å². The molecule has 3 N–H and O–H groups in total. The van der Waals surface area contributed by atoms with Crippen molar-refractivity contribution >= 4 is 5.91 Å². The number of carbonyl (C=O) groups excluding carboxylic acids is 1. The lowest BCUT2D eigenvalue weighted by Crippen LogP contribution is -2.26. The summed E-state index contributed by atoms with van der Waals surface area (Å²) in [6.07, 6.45) is 2.13. The van der Waals surface area contributed by atoms with Crippen LogP contribution in [0, 0.1) is 6.92 Å². The van der Waals surface area contributed by atoms with Gasteiger partial charge in [0.2, 0.25) is 0 Å². The van der Waals surface area contributed by atoms with E-state index in [1.807, 2.05) is 6.92 Å². The molecular formula is C15H16N2O3. The van der Waals surface area contributed by atoms with Crippen molar-refractivity contribution in [3.05, 3.63) is 53.3 Å². The average molecular weight is 272 g/mol. The van der Waals surface area contributed by atoms with Gasteiger partial charge in [-0.15, -0.1) is 0 Å². The molecule has 0 unspecified atom stereocenters. The summed E-state index contributed by atoms with van der Waals surface area (Å²) in [5.74, 6) is -0.517. The molecule has 2 aromatic rings. The Morgan fingerprint density at radius 3 is 2.70 bits per heavy atom. The standard InChI is InChI=1S/C15H16N2O3/c1-10-8-13(18)14(19)9-11(10)5-7-17-15(20)12-4-2-3-6-16-12/h2-4,6,8-9,18-19H,5,7H2,1H3,(H,17,20). The number of amides is 1. The second kappa shape index (κ2) is 6.06. The van der Waals surface area contributed by atoms with Crippen LogP contribution < -0.4 is 5.32 Å². The summed E-state index contributed by atoms with van der Waals surface area (Å²) in [5.41, 5.74) is 2.12. The summed E-state index contributed by atoms with van der Waals surface area (Å²) in [7, 11) is 0. The van der Waals surface area contributed by atoms with E-state index in [9.17, 15) is 15.0 Å². The van der Waals surface area contributed by atoms with Gasteiger partial charge in [0, 0.05) is 12.7 Å². The van der Waals surface area contributed by atoms with Gasteiger partial charge in [-0.3, -0.25) is 9.78 Å². The molecule has 104 valence electrons. The van der Waals surface area contributed by atoms with Crippen molar-refractivity contribution in [2.24, 2.45) is 0 Å². The normalized spacial score (nSPS) is 10.2. The zero-order valence-electron chi connectivity index (χ0n) is 11.1. The van der Waals surface area contributed by atoms with Crippen LogP contribution in [0.2, 0.25) is 0 Å². The van der Waals surface area contributed by atoms with E-state index in [0.29, 0.717) is 18.7 Å². The number of nitrogens with zero attached hydrogens (tertiary/aromatic N) is 1. The molecular weight excluding hydrogens is 256 g/mol. The van der Waals surface area contributed by atoms with Gasteiger partial charge in [-0.05, 0) is 48.7 Å². The van der Waals surface area contributed by atoms with Crippen LogP contribution in [0.5, 0.6) is 11.5 Å². The number of pyridine rings is 1. The minimum atomic E-state index is -0.230. The van der Waals surface area contributed by atoms with Gasteiger partial charge in [-0.1, -0.05) is 6.07 Å². The molecule has 1 aromatic heterocycles. The van der Waals surface area contributed by atoms with Crippen LogP contribution in [-0.2, 0) is 6.42 Å². The molecule has 1 aromatic carbocycles. The fourth-order valence-electron chi connectivity index (χ4n) is 1.89. The van der Waals surface area contributed by atoms with Crippen molar-refractivity contribution in [3.8, 4) is 11.5 Å². The molecule has 0 atom stereocenters. The van der Waals surface area contributed by atoms with E-state index in [-0.39, 0.29) is 17.4 Å². The predicted octanol–water partition coefficient (Wildman–Crippen LogP) is 1.77. The van der Waals surface area contributed by atoms with Crippen molar-refractivity contribution in [2.45, 2.75) is 13.3 Å². The van der Waals surface area contributed by atoms with Crippen LogP contribution in [0.15, 0.2) is 36.5 Å². The Hall–Kier alpha value is -2.56. The van der Waals surface area contributed by atoms with E-state index in [0.717, 1.165) is 11.1 Å². The van der Waals surface area contributed by atoms with E-state index in [2.05, 4.69) is 10.3 Å². The number of aryl methyl sites for hydroxylation is 1. The van der Waals surface area contributed by atoms with Crippen molar-refractivity contribution in [2.75, 3.05) is 6.54 Å². The maximum Gasteiger partial charge on any atom is 0.269 e. The Bertz CT molecular complexity index is 612. The monoisotopic (exact) mass is 272 g/mol. The molecule has 5 nitrogen and oxygen atoms in total. The molecule has 0 saturated heterocycles. The van der Waals surface area contributed by atoms with Gasteiger partial charge in [0.1, 0.15) is 5.69 Å². The number of hydrogen-bond donors (Lipinski definition) is 3. The maximum atomic E-state index is 11.8. The number of hydrogen-bond acceptors (Lipinski definition) is 4. The largest absolute Gasteiger partial charge is 0.504 e. The highest BCUT2D eigenvalue weighted by Gasteiger charge is 2.08. The number of benzene rings is 1. The van der Waals surface area contributed by atoms with Crippen LogP contribution in [0.25, 0.3) is 0 Å². The molecule has 0 saturated carbocycles. The smallest absolute Gasteiger partial charge is 0.269 e. The van der Waals surface area contributed by atoms with E-state index in [1.54, 1.807) is 24.4 Å². The molecule has 5 heteroatoms. The Morgan fingerprint density at radius 1 is 1.25 bits per heavy atom. The third-order valence-electron chi connectivity index (χ3n) is 3.01. The minimum Gasteiger partial charge on any atom is -0.504 e. The number of nitrogens with one attached hydrogen (secondary N) is 1. The quantitative estimate of drug-likeness (QED) is 0.741. The zero-order chi connectivity index (χ0) is 14.5. The van der Waals surface area contributed by atoms with Crippen molar-refractivity contribution in [1.82, 2.24) is 10.3 Å². The number of carbonyl (C=O) groups is 1. The van der Waals surface area contributed by atoms with E-state index < -0.39 is 0 Å². The zero-order valence-corrected chi connectivity index (χ0v) is 11.1. The van der Waals surface area contributed by atoms with Gasteiger partial charge >= 0.3 is 0 Å². The summed E-state index contributed by atoms with van der Waals surface area (Å²) in [6.45, 7) is 2.27. The molecule has 2 rings (SSSR count). The molecule has 0 aliphatic carbocycles. The SMILES string of the molecule is Cc1cc(O)c(O)cc1CCNC(=O)c1ccccn1. The topological polar surface area (TPSA) is 82.5 Å². The summed E-state index contributed by atoms with van der Waals surface area (Å²) < 4.78 is 0. The summed E-state index contributed by atoms with van der Waals surface area (Å²) in [4.78, 5) is 15.7. The van der Waals surface area contributed by atoms with Gasteiger partial charge in [0.15, 0.2) is 11.5 Å². The Labute approximate surface area is 116 Å². The molecule has 0 aliphatic heterocycles. The Kier molecular flexibility index (Phi) is 4.20. The molecule has 0 fully saturated rings. The molecule has 0 aliphatic rings. The van der Waals surface area contributed by atoms with Gasteiger partial charge in [-0.25, -0.2) is 0 Å². The van der Waals surface area contributed by atoms with Gasteiger partial charge < -0.3 is 15.5 Å². The highest BCUT2D eigenvalue weighted by atomic mass is 16.3. The molecule has 1 amide bonds. The van der Waals surface area contributed by atoms with Crippen LogP contribution in [-0.4, -0.2) is 27.6 Å². The highest BCUT2D eigenvalue weighted by Crippen LogP contribution is 2.27. The average Bonchev–Trinajstić information content (AvgIpc) is 2.45. The van der Waals surface area contributed by atoms with E-state index >= 15 is 0 Å².